The Bertz CT molecular complexity index is 1150. The van der Waals surface area contributed by atoms with E-state index in [2.05, 4.69) is 5.32 Å². The Morgan fingerprint density at radius 1 is 1.03 bits per heavy atom. The van der Waals surface area contributed by atoms with Crippen LogP contribution >= 0.6 is 11.8 Å². The van der Waals surface area contributed by atoms with E-state index in [0.717, 1.165) is 27.1 Å². The van der Waals surface area contributed by atoms with Crippen LogP contribution in [0.5, 0.6) is 0 Å². The van der Waals surface area contributed by atoms with Crippen LogP contribution < -0.4 is 9.62 Å². The summed E-state index contributed by atoms with van der Waals surface area (Å²) in [6.07, 6.45) is 1.80. The minimum absolute atomic E-state index is 0.211. The highest BCUT2D eigenvalue weighted by Gasteiger charge is 2.22. The van der Waals surface area contributed by atoms with Gasteiger partial charge in [0, 0.05) is 17.7 Å². The second kappa shape index (κ2) is 10.6. The minimum Gasteiger partial charge on any atom is -0.354 e. The molecule has 0 aliphatic heterocycles. The summed E-state index contributed by atoms with van der Waals surface area (Å²) >= 11 is 1.59. The number of amides is 1. The molecule has 5 nitrogen and oxygen atoms in total. The summed E-state index contributed by atoms with van der Waals surface area (Å²) in [4.78, 5) is 12.4. The lowest BCUT2D eigenvalue weighted by molar-refractivity contribution is -0.119. The Morgan fingerprint density at radius 2 is 1.74 bits per heavy atom. The van der Waals surface area contributed by atoms with Crippen LogP contribution in [0.4, 0.5) is 10.1 Å². The number of rotatable bonds is 10. The Morgan fingerprint density at radius 3 is 2.52 bits per heavy atom. The van der Waals surface area contributed by atoms with Crippen LogP contribution in [0.2, 0.25) is 0 Å². The van der Waals surface area contributed by atoms with Crippen LogP contribution in [0.3, 0.4) is 0 Å². The first-order chi connectivity index (χ1) is 14.9. The van der Waals surface area contributed by atoms with Crippen molar-refractivity contribution in [3.63, 3.8) is 0 Å². The first kappa shape index (κ1) is 23.1. The van der Waals surface area contributed by atoms with Gasteiger partial charge in [0.2, 0.25) is 15.9 Å². The fourth-order valence-electron chi connectivity index (χ4n) is 3.19. The highest BCUT2D eigenvalue weighted by Crippen LogP contribution is 2.28. The molecule has 8 heteroatoms. The first-order valence-electron chi connectivity index (χ1n) is 9.89. The number of nitrogens with zero attached hydrogens (tertiary/aromatic N) is 1. The van der Waals surface area contributed by atoms with E-state index in [9.17, 15) is 17.6 Å². The number of benzene rings is 3. The third-order valence-corrected chi connectivity index (χ3v) is 6.94. The summed E-state index contributed by atoms with van der Waals surface area (Å²) in [7, 11) is -3.65. The zero-order valence-electron chi connectivity index (χ0n) is 17.3. The van der Waals surface area contributed by atoms with Crippen LogP contribution in [0, 0.1) is 5.82 Å². The molecule has 0 unspecified atom stereocenters. The van der Waals surface area contributed by atoms with E-state index in [1.54, 1.807) is 36.0 Å². The molecule has 0 spiro atoms. The second-order valence-corrected chi connectivity index (χ2v) is 10.1. The summed E-state index contributed by atoms with van der Waals surface area (Å²) in [6.45, 7) is 0.144. The van der Waals surface area contributed by atoms with Crippen LogP contribution in [0.25, 0.3) is 10.8 Å². The van der Waals surface area contributed by atoms with Gasteiger partial charge in [-0.1, -0.05) is 54.6 Å². The lowest BCUT2D eigenvalue weighted by Gasteiger charge is -2.23. The van der Waals surface area contributed by atoms with Crippen molar-refractivity contribution in [1.29, 1.82) is 0 Å². The van der Waals surface area contributed by atoms with Gasteiger partial charge in [0.15, 0.2) is 0 Å². The smallest absolute Gasteiger partial charge is 0.240 e. The maximum atomic E-state index is 13.6. The highest BCUT2D eigenvalue weighted by molar-refractivity contribution is 7.98. The van der Waals surface area contributed by atoms with Crippen LogP contribution in [0.1, 0.15) is 12.0 Å². The van der Waals surface area contributed by atoms with Gasteiger partial charge < -0.3 is 5.32 Å². The molecule has 3 rings (SSSR count). The summed E-state index contributed by atoms with van der Waals surface area (Å²) in [5, 5.41) is 4.46. The van der Waals surface area contributed by atoms with Crippen molar-refractivity contribution in [3.8, 4) is 0 Å². The largest absolute Gasteiger partial charge is 0.354 e. The molecular weight excluding hydrogens is 435 g/mol. The molecular formula is C23H25FN2O3S2. The molecule has 1 N–H and O–H groups in total. The van der Waals surface area contributed by atoms with Crippen LogP contribution in [0.15, 0.2) is 66.7 Å². The molecule has 0 atom stereocenters. The molecule has 0 heterocycles. The van der Waals surface area contributed by atoms with E-state index >= 15 is 0 Å². The van der Waals surface area contributed by atoms with Gasteiger partial charge in [0.25, 0.3) is 0 Å². The van der Waals surface area contributed by atoms with Crippen molar-refractivity contribution in [2.75, 3.05) is 29.4 Å². The van der Waals surface area contributed by atoms with E-state index < -0.39 is 10.0 Å². The fraction of sp³-hybridized carbons (Fsp3) is 0.261. The maximum absolute atomic E-state index is 13.6. The van der Waals surface area contributed by atoms with Gasteiger partial charge in [-0.3, -0.25) is 9.10 Å². The summed E-state index contributed by atoms with van der Waals surface area (Å²) < 4.78 is 39.5. The van der Waals surface area contributed by atoms with Gasteiger partial charge in [-0.2, -0.15) is 11.8 Å². The minimum atomic E-state index is -3.65. The molecule has 0 fully saturated rings. The normalized spacial score (nSPS) is 11.4. The van der Waals surface area contributed by atoms with Crippen molar-refractivity contribution in [3.05, 3.63) is 78.1 Å². The number of thioether (sulfide) groups is 1. The van der Waals surface area contributed by atoms with Crippen molar-refractivity contribution >= 4 is 44.2 Å². The van der Waals surface area contributed by atoms with Gasteiger partial charge in [0.1, 0.15) is 12.4 Å². The molecule has 0 aromatic heterocycles. The topological polar surface area (TPSA) is 66.5 Å². The van der Waals surface area contributed by atoms with E-state index in [4.69, 9.17) is 0 Å². The standard InChI is InChI=1S/C23H25FN2O3S2/c1-31(28,29)26(22-13-6-10-18-8-2-4-11-20(18)22)16-23(27)25-14-7-15-30-17-19-9-3-5-12-21(19)24/h2-6,8-13H,7,14-17H2,1H3,(H,25,27). The predicted molar refractivity (Wildman–Crippen MR) is 126 cm³/mol. The molecule has 0 aliphatic carbocycles. The van der Waals surface area contributed by atoms with Crippen LogP contribution in [-0.2, 0) is 20.6 Å². The molecule has 31 heavy (non-hydrogen) atoms. The number of nitrogens with one attached hydrogen (secondary N) is 1. The molecule has 1 amide bonds. The Kier molecular flexibility index (Phi) is 7.92. The SMILES string of the molecule is CS(=O)(=O)N(CC(=O)NCCCSCc1ccccc1F)c1cccc2ccccc12. The fourth-order valence-corrected chi connectivity index (χ4v) is 5.01. The average Bonchev–Trinajstić information content (AvgIpc) is 2.74. The number of hydrogen-bond donors (Lipinski definition) is 1. The lowest BCUT2D eigenvalue weighted by atomic mass is 10.1. The average molecular weight is 461 g/mol. The second-order valence-electron chi connectivity index (χ2n) is 7.12. The molecule has 0 saturated carbocycles. The first-order valence-corrected chi connectivity index (χ1v) is 12.9. The van der Waals surface area contributed by atoms with Crippen molar-refractivity contribution < 1.29 is 17.6 Å². The number of fused-ring (bicyclic) bond motifs is 1. The van der Waals surface area contributed by atoms with Crippen molar-refractivity contribution in [2.45, 2.75) is 12.2 Å². The van der Waals surface area contributed by atoms with Crippen LogP contribution in [-0.4, -0.2) is 39.4 Å². The molecule has 0 aliphatic rings. The van der Waals surface area contributed by atoms with Crippen molar-refractivity contribution in [1.82, 2.24) is 5.32 Å². The number of anilines is 1. The van der Waals surface area contributed by atoms with E-state index in [-0.39, 0.29) is 18.3 Å². The van der Waals surface area contributed by atoms with Gasteiger partial charge in [-0.15, -0.1) is 0 Å². The molecule has 0 radical (unpaired) electrons. The van der Waals surface area contributed by atoms with Gasteiger partial charge in [-0.25, -0.2) is 12.8 Å². The summed E-state index contributed by atoms with van der Waals surface area (Å²) in [5.41, 5.74) is 1.15. The molecule has 164 valence electrons. The van der Waals surface area contributed by atoms with Gasteiger partial charge in [0.05, 0.1) is 11.9 Å². The number of carbonyl (C=O) groups is 1. The predicted octanol–water partition coefficient (Wildman–Crippen LogP) is 4.18. The Hall–Kier alpha value is -2.58. The zero-order valence-corrected chi connectivity index (χ0v) is 18.9. The van der Waals surface area contributed by atoms with Crippen molar-refractivity contribution in [2.24, 2.45) is 0 Å². The van der Waals surface area contributed by atoms with E-state index in [1.165, 1.54) is 6.07 Å². The number of hydrogen-bond acceptors (Lipinski definition) is 4. The third kappa shape index (κ3) is 6.45. The van der Waals surface area contributed by atoms with E-state index in [0.29, 0.717) is 30.0 Å². The summed E-state index contributed by atoms with van der Waals surface area (Å²) in [6, 6.07) is 19.5. The zero-order chi connectivity index (χ0) is 22.3. The monoisotopic (exact) mass is 460 g/mol. The lowest BCUT2D eigenvalue weighted by Crippen LogP contribution is -2.40. The molecule has 0 saturated heterocycles. The molecule has 3 aromatic rings. The van der Waals surface area contributed by atoms with E-state index in [1.807, 2.05) is 36.4 Å². The van der Waals surface area contributed by atoms with Gasteiger partial charge in [-0.05, 0) is 35.3 Å². The number of halogens is 1. The third-order valence-electron chi connectivity index (χ3n) is 4.73. The molecule has 0 bridgehead atoms. The summed E-state index contributed by atoms with van der Waals surface area (Å²) in [5.74, 6) is 0.757. The highest BCUT2D eigenvalue weighted by atomic mass is 32.2. The quantitative estimate of drug-likeness (QED) is 0.461. The number of sulfonamides is 1. The maximum Gasteiger partial charge on any atom is 0.240 e. The number of carbonyl (C=O) groups excluding carboxylic acids is 1. The molecule has 3 aromatic carbocycles. The Labute approximate surface area is 186 Å². The van der Waals surface area contributed by atoms with Gasteiger partial charge >= 0.3 is 0 Å². The Balaban J connectivity index is 1.53.